The summed E-state index contributed by atoms with van der Waals surface area (Å²) in [6, 6.07) is 0. The molecule has 4 rings (SSSR count). The first-order valence-corrected chi connectivity index (χ1v) is 13.7. The van der Waals surface area contributed by atoms with E-state index >= 15 is 0 Å². The van der Waals surface area contributed by atoms with E-state index in [1.54, 1.807) is 0 Å². The minimum Gasteiger partial charge on any atom is -0.481 e. The van der Waals surface area contributed by atoms with Crippen LogP contribution < -0.4 is 0 Å². The van der Waals surface area contributed by atoms with Crippen molar-refractivity contribution in [2.75, 3.05) is 0 Å². The first-order chi connectivity index (χ1) is 15.4. The molecule has 0 bridgehead atoms. The molecule has 190 valence electrons. The molecule has 4 aliphatic rings. The summed E-state index contributed by atoms with van der Waals surface area (Å²) < 4.78 is 0. The van der Waals surface area contributed by atoms with Gasteiger partial charge in [0.2, 0.25) is 0 Å². The van der Waals surface area contributed by atoms with Gasteiger partial charge >= 0.3 is 5.97 Å². The molecule has 0 aromatic rings. The number of carboxylic acid groups (broad SMARTS) is 1. The molecule has 5 heteroatoms. The highest BCUT2D eigenvalue weighted by Crippen LogP contribution is 2.71. The zero-order chi connectivity index (χ0) is 24.3. The van der Waals surface area contributed by atoms with Gasteiger partial charge < -0.3 is 20.4 Å². The van der Waals surface area contributed by atoms with Gasteiger partial charge in [-0.25, -0.2) is 0 Å². The monoisotopic (exact) mass is 464 g/mol. The number of hydrogen-bond acceptors (Lipinski definition) is 4. The third kappa shape index (κ3) is 3.71. The van der Waals surface area contributed by atoms with Crippen molar-refractivity contribution < 1.29 is 25.2 Å². The molecule has 4 fully saturated rings. The molecule has 4 N–H and O–H groups in total. The van der Waals surface area contributed by atoms with E-state index in [-0.39, 0.29) is 36.0 Å². The highest BCUT2D eigenvalue weighted by atomic mass is 16.4. The highest BCUT2D eigenvalue weighted by molar-refractivity contribution is 5.76. The number of fused-ring (bicyclic) bond motifs is 5. The van der Waals surface area contributed by atoms with Crippen LogP contribution in [0, 0.1) is 51.8 Å². The largest absolute Gasteiger partial charge is 0.481 e. The van der Waals surface area contributed by atoms with E-state index in [0.717, 1.165) is 12.8 Å². The van der Waals surface area contributed by atoms with Gasteiger partial charge in [0, 0.05) is 0 Å². The second-order valence-corrected chi connectivity index (χ2v) is 13.4. The van der Waals surface area contributed by atoms with Gasteiger partial charge in [0.05, 0.1) is 23.7 Å². The van der Waals surface area contributed by atoms with Crippen molar-refractivity contribution in [2.24, 2.45) is 51.8 Å². The molecule has 1 unspecified atom stereocenters. The Kier molecular flexibility index (Phi) is 6.77. The van der Waals surface area contributed by atoms with Crippen LogP contribution in [-0.2, 0) is 4.79 Å². The summed E-state index contributed by atoms with van der Waals surface area (Å²) in [4.78, 5) is 12.7. The molecule has 0 spiro atoms. The van der Waals surface area contributed by atoms with Gasteiger partial charge in [0.15, 0.2) is 0 Å². The average Bonchev–Trinajstić information content (AvgIpc) is 3.08. The normalized spacial score (nSPS) is 50.4. The second kappa shape index (κ2) is 8.78. The second-order valence-electron chi connectivity index (χ2n) is 13.4. The van der Waals surface area contributed by atoms with E-state index in [1.807, 2.05) is 0 Å². The number of carbonyl (C=O) groups is 1. The van der Waals surface area contributed by atoms with Crippen LogP contribution in [0.5, 0.6) is 0 Å². The SMILES string of the molecule is CC(C)CCC[C@@H](C)C1CC[C@H]2[C@@H]3[C@H](O)C[C@]4(C(=O)O)C[C@H](O)CC[C@]4(C)[C@H]3C[C@H](O)[C@]12C. The van der Waals surface area contributed by atoms with Crippen molar-refractivity contribution in [1.29, 1.82) is 0 Å². The number of rotatable bonds is 6. The quantitative estimate of drug-likeness (QED) is 0.450. The van der Waals surface area contributed by atoms with Gasteiger partial charge in [-0.2, -0.15) is 0 Å². The molecule has 4 aliphatic carbocycles. The van der Waals surface area contributed by atoms with Crippen molar-refractivity contribution in [1.82, 2.24) is 0 Å². The Morgan fingerprint density at radius 1 is 0.970 bits per heavy atom. The summed E-state index contributed by atoms with van der Waals surface area (Å²) in [5.41, 5.74) is -1.83. The van der Waals surface area contributed by atoms with E-state index in [1.165, 1.54) is 19.3 Å². The number of hydrogen-bond donors (Lipinski definition) is 4. The van der Waals surface area contributed by atoms with Crippen LogP contribution in [0.25, 0.3) is 0 Å². The van der Waals surface area contributed by atoms with Gasteiger partial charge in [-0.15, -0.1) is 0 Å². The lowest BCUT2D eigenvalue weighted by Gasteiger charge is -2.66. The fourth-order valence-electron chi connectivity index (χ4n) is 9.67. The van der Waals surface area contributed by atoms with Gasteiger partial charge in [-0.1, -0.05) is 53.9 Å². The first kappa shape index (κ1) is 25.4. The zero-order valence-electron chi connectivity index (χ0n) is 21.5. The average molecular weight is 465 g/mol. The molecule has 0 heterocycles. The summed E-state index contributed by atoms with van der Waals surface area (Å²) in [6.45, 7) is 11.3. The molecule has 0 aromatic carbocycles. The molecule has 33 heavy (non-hydrogen) atoms. The van der Waals surface area contributed by atoms with E-state index < -0.39 is 35.1 Å². The summed E-state index contributed by atoms with van der Waals surface area (Å²) in [5.74, 6) is 1.08. The molecule has 0 amide bonds. The van der Waals surface area contributed by atoms with E-state index in [2.05, 4.69) is 34.6 Å². The van der Waals surface area contributed by atoms with Crippen LogP contribution in [0.3, 0.4) is 0 Å². The Labute approximate surface area is 200 Å². The maximum absolute atomic E-state index is 12.7. The molecule has 0 aromatic heterocycles. The molecule has 0 aliphatic heterocycles. The minimum absolute atomic E-state index is 0.0204. The van der Waals surface area contributed by atoms with E-state index in [9.17, 15) is 25.2 Å². The molecule has 4 saturated carbocycles. The molecular weight excluding hydrogens is 416 g/mol. The van der Waals surface area contributed by atoms with Gasteiger partial charge in [-0.05, 0) is 91.3 Å². The highest BCUT2D eigenvalue weighted by Gasteiger charge is 2.71. The van der Waals surface area contributed by atoms with Gasteiger partial charge in [0.1, 0.15) is 0 Å². The molecule has 5 nitrogen and oxygen atoms in total. The summed E-state index contributed by atoms with van der Waals surface area (Å²) in [6.07, 6.45) is 6.27. The predicted molar refractivity (Wildman–Crippen MR) is 128 cm³/mol. The predicted octanol–water partition coefficient (Wildman–Crippen LogP) is 4.87. The minimum atomic E-state index is -1.11. The first-order valence-electron chi connectivity index (χ1n) is 13.7. The lowest BCUT2D eigenvalue weighted by atomic mass is 9.38. The van der Waals surface area contributed by atoms with Crippen molar-refractivity contribution in [3.63, 3.8) is 0 Å². The van der Waals surface area contributed by atoms with Crippen LogP contribution in [0.1, 0.15) is 98.8 Å². The Morgan fingerprint density at radius 3 is 2.30 bits per heavy atom. The number of aliphatic hydroxyl groups excluding tert-OH is 3. The maximum atomic E-state index is 12.7. The third-order valence-electron chi connectivity index (χ3n) is 11.5. The zero-order valence-corrected chi connectivity index (χ0v) is 21.5. The number of aliphatic hydroxyl groups is 3. The van der Waals surface area contributed by atoms with Gasteiger partial charge in [0.25, 0.3) is 0 Å². The fourth-order valence-corrected chi connectivity index (χ4v) is 9.67. The maximum Gasteiger partial charge on any atom is 0.310 e. The van der Waals surface area contributed by atoms with Crippen LogP contribution in [0.2, 0.25) is 0 Å². The van der Waals surface area contributed by atoms with Crippen LogP contribution in [0.15, 0.2) is 0 Å². The molecule has 11 atom stereocenters. The van der Waals surface area contributed by atoms with Crippen molar-refractivity contribution in [3.8, 4) is 0 Å². The van der Waals surface area contributed by atoms with Crippen LogP contribution >= 0.6 is 0 Å². The molecular formula is C28H48O5. The van der Waals surface area contributed by atoms with Crippen molar-refractivity contribution >= 4 is 5.97 Å². The van der Waals surface area contributed by atoms with Crippen molar-refractivity contribution in [2.45, 2.75) is 117 Å². The van der Waals surface area contributed by atoms with Crippen molar-refractivity contribution in [3.05, 3.63) is 0 Å². The number of aliphatic carboxylic acids is 1. The summed E-state index contributed by atoms with van der Waals surface area (Å²) in [5, 5.41) is 44.0. The lowest BCUT2D eigenvalue weighted by molar-refractivity contribution is -0.242. The molecule has 0 radical (unpaired) electrons. The Hall–Kier alpha value is -0.650. The lowest BCUT2D eigenvalue weighted by Crippen LogP contribution is -2.67. The summed E-state index contributed by atoms with van der Waals surface area (Å²) in [7, 11) is 0. The van der Waals surface area contributed by atoms with Gasteiger partial charge in [-0.3, -0.25) is 4.79 Å². The Morgan fingerprint density at radius 2 is 1.67 bits per heavy atom. The number of carboxylic acids is 1. The Bertz CT molecular complexity index is 738. The molecule has 0 saturated heterocycles. The Balaban J connectivity index is 1.63. The standard InChI is InChI=1S/C28H48O5/c1-16(2)7-6-8-17(3)19-9-10-20-24-21(13-23(31)27(19,20)5)26(4)12-11-18(29)14-28(26,25(32)33)15-22(24)30/h16-24,29-31H,6-15H2,1-5H3,(H,32,33)/t17-,18-,19?,20+,21+,22-,23+,24+,26-,27-,28+/m1/s1. The fraction of sp³-hybridized carbons (Fsp3) is 0.964. The smallest absolute Gasteiger partial charge is 0.310 e. The van der Waals surface area contributed by atoms with Crippen LogP contribution in [-0.4, -0.2) is 44.7 Å². The third-order valence-corrected chi connectivity index (χ3v) is 11.5. The van der Waals surface area contributed by atoms with E-state index in [4.69, 9.17) is 0 Å². The van der Waals surface area contributed by atoms with E-state index in [0.29, 0.717) is 37.0 Å². The summed E-state index contributed by atoms with van der Waals surface area (Å²) >= 11 is 0. The van der Waals surface area contributed by atoms with Crippen LogP contribution in [0.4, 0.5) is 0 Å². The topological polar surface area (TPSA) is 98.0 Å².